The Bertz CT molecular complexity index is 813. The molecule has 3 rings (SSSR count). The van der Waals surface area contributed by atoms with Crippen molar-refractivity contribution in [1.29, 1.82) is 0 Å². The Labute approximate surface area is 127 Å². The molecular formula is C16H12Cl2N2. The maximum atomic E-state index is 6.08. The summed E-state index contributed by atoms with van der Waals surface area (Å²) in [6.45, 7) is 3.99. The monoisotopic (exact) mass is 302 g/mol. The highest BCUT2D eigenvalue weighted by Crippen LogP contribution is 2.29. The van der Waals surface area contributed by atoms with Crippen molar-refractivity contribution < 1.29 is 0 Å². The van der Waals surface area contributed by atoms with Crippen molar-refractivity contribution in [3.05, 3.63) is 57.7 Å². The molecule has 0 unspecified atom stereocenters. The molecule has 100 valence electrons. The van der Waals surface area contributed by atoms with Crippen LogP contribution in [0.3, 0.4) is 0 Å². The van der Waals surface area contributed by atoms with Gasteiger partial charge in [0.05, 0.1) is 32.5 Å². The molecular weight excluding hydrogens is 291 g/mol. The van der Waals surface area contributed by atoms with Crippen molar-refractivity contribution in [2.24, 2.45) is 0 Å². The lowest BCUT2D eigenvalue weighted by Gasteiger charge is -2.08. The lowest BCUT2D eigenvalue weighted by atomic mass is 10.1. The molecule has 0 aliphatic heterocycles. The second-order valence-corrected chi connectivity index (χ2v) is 5.59. The van der Waals surface area contributed by atoms with Crippen LogP contribution in [0.4, 0.5) is 0 Å². The molecule has 0 fully saturated rings. The average Bonchev–Trinajstić information content (AvgIpc) is 2.42. The zero-order valence-electron chi connectivity index (χ0n) is 11.1. The molecule has 0 atom stereocenters. The maximum absolute atomic E-state index is 6.08. The predicted octanol–water partition coefficient (Wildman–Crippen LogP) is 5.22. The van der Waals surface area contributed by atoms with Crippen molar-refractivity contribution in [3.8, 4) is 11.3 Å². The molecule has 0 radical (unpaired) electrons. The summed E-state index contributed by atoms with van der Waals surface area (Å²) in [4.78, 5) is 9.32. The van der Waals surface area contributed by atoms with Crippen molar-refractivity contribution in [3.63, 3.8) is 0 Å². The van der Waals surface area contributed by atoms with E-state index in [-0.39, 0.29) is 0 Å². The molecule has 0 spiro atoms. The van der Waals surface area contributed by atoms with E-state index in [1.54, 1.807) is 6.07 Å². The summed E-state index contributed by atoms with van der Waals surface area (Å²) < 4.78 is 0. The molecule has 0 bridgehead atoms. The van der Waals surface area contributed by atoms with Crippen LogP contribution in [0.2, 0.25) is 10.0 Å². The zero-order chi connectivity index (χ0) is 14.3. The summed E-state index contributed by atoms with van der Waals surface area (Å²) >= 11 is 12.0. The molecule has 0 saturated heterocycles. The smallest absolute Gasteiger partial charge is 0.0922 e. The molecule has 0 saturated carbocycles. The minimum atomic E-state index is 0.523. The van der Waals surface area contributed by atoms with Gasteiger partial charge in [0.25, 0.3) is 0 Å². The SMILES string of the molecule is Cc1ccc2nc(C)c(-c3ccc(Cl)c(Cl)c3)nc2c1. The van der Waals surface area contributed by atoms with Crippen molar-refractivity contribution in [1.82, 2.24) is 9.97 Å². The number of hydrogen-bond donors (Lipinski definition) is 0. The zero-order valence-corrected chi connectivity index (χ0v) is 12.6. The topological polar surface area (TPSA) is 25.8 Å². The maximum Gasteiger partial charge on any atom is 0.0922 e. The van der Waals surface area contributed by atoms with E-state index in [2.05, 4.69) is 4.98 Å². The van der Waals surface area contributed by atoms with Crippen molar-refractivity contribution in [2.75, 3.05) is 0 Å². The first-order valence-corrected chi connectivity index (χ1v) is 7.00. The van der Waals surface area contributed by atoms with Gasteiger partial charge in [0.15, 0.2) is 0 Å². The van der Waals surface area contributed by atoms with Crippen molar-refractivity contribution >= 4 is 34.2 Å². The second-order valence-electron chi connectivity index (χ2n) is 4.78. The fourth-order valence-corrected chi connectivity index (χ4v) is 2.47. The Balaban J connectivity index is 2.24. The predicted molar refractivity (Wildman–Crippen MR) is 84.5 cm³/mol. The van der Waals surface area contributed by atoms with Gasteiger partial charge in [0.1, 0.15) is 0 Å². The van der Waals surface area contributed by atoms with Gasteiger partial charge in [-0.2, -0.15) is 0 Å². The number of fused-ring (bicyclic) bond motifs is 1. The quantitative estimate of drug-likeness (QED) is 0.616. The van der Waals surface area contributed by atoms with Crippen LogP contribution in [-0.4, -0.2) is 9.97 Å². The number of aryl methyl sites for hydroxylation is 2. The van der Waals surface area contributed by atoms with Gasteiger partial charge < -0.3 is 0 Å². The summed E-state index contributed by atoms with van der Waals surface area (Å²) in [6, 6.07) is 11.6. The number of benzene rings is 2. The number of aromatic nitrogens is 2. The van der Waals surface area contributed by atoms with E-state index in [1.807, 2.05) is 44.2 Å². The van der Waals surface area contributed by atoms with Crippen LogP contribution in [0.5, 0.6) is 0 Å². The molecule has 1 aromatic heterocycles. The normalized spacial score (nSPS) is 11.0. The number of halogens is 2. The summed E-state index contributed by atoms with van der Waals surface area (Å²) in [5.74, 6) is 0. The highest BCUT2D eigenvalue weighted by Gasteiger charge is 2.09. The van der Waals surface area contributed by atoms with Gasteiger partial charge in [0.2, 0.25) is 0 Å². The molecule has 1 heterocycles. The Morgan fingerprint density at radius 3 is 2.35 bits per heavy atom. The van der Waals surface area contributed by atoms with Gasteiger partial charge in [-0.15, -0.1) is 0 Å². The van der Waals surface area contributed by atoms with E-state index in [1.165, 1.54) is 0 Å². The van der Waals surface area contributed by atoms with Gasteiger partial charge in [-0.25, -0.2) is 9.97 Å². The van der Waals surface area contributed by atoms with E-state index in [0.29, 0.717) is 10.0 Å². The van der Waals surface area contributed by atoms with E-state index < -0.39 is 0 Å². The van der Waals surface area contributed by atoms with Gasteiger partial charge in [-0.3, -0.25) is 0 Å². The summed E-state index contributed by atoms with van der Waals surface area (Å²) in [6.07, 6.45) is 0. The highest BCUT2D eigenvalue weighted by molar-refractivity contribution is 6.42. The first kappa shape index (κ1) is 13.3. The standard InChI is InChI=1S/C16H12Cl2N2/c1-9-3-6-14-15(7-9)20-16(10(2)19-14)11-4-5-12(17)13(18)8-11/h3-8H,1-2H3. The first-order valence-electron chi connectivity index (χ1n) is 6.25. The summed E-state index contributed by atoms with van der Waals surface area (Å²) in [7, 11) is 0. The summed E-state index contributed by atoms with van der Waals surface area (Å²) in [5, 5.41) is 1.06. The Morgan fingerprint density at radius 2 is 1.60 bits per heavy atom. The van der Waals surface area contributed by atoms with Crippen LogP contribution in [0.15, 0.2) is 36.4 Å². The van der Waals surface area contributed by atoms with E-state index in [9.17, 15) is 0 Å². The van der Waals surface area contributed by atoms with Crippen LogP contribution in [-0.2, 0) is 0 Å². The molecule has 3 aromatic rings. The largest absolute Gasteiger partial charge is 0.249 e. The molecule has 0 aliphatic carbocycles. The number of rotatable bonds is 1. The third kappa shape index (κ3) is 2.37. The lowest BCUT2D eigenvalue weighted by molar-refractivity contribution is 1.19. The minimum absolute atomic E-state index is 0.523. The number of hydrogen-bond acceptors (Lipinski definition) is 2. The van der Waals surface area contributed by atoms with Gasteiger partial charge in [-0.05, 0) is 43.7 Å². The third-order valence-electron chi connectivity index (χ3n) is 3.19. The lowest BCUT2D eigenvalue weighted by Crippen LogP contribution is -1.94. The van der Waals surface area contributed by atoms with Crippen LogP contribution in [0.25, 0.3) is 22.3 Å². The molecule has 0 aliphatic rings. The molecule has 0 N–H and O–H groups in total. The Kier molecular flexibility index (Phi) is 3.36. The van der Waals surface area contributed by atoms with Crippen LogP contribution in [0.1, 0.15) is 11.3 Å². The molecule has 2 aromatic carbocycles. The van der Waals surface area contributed by atoms with Gasteiger partial charge in [0, 0.05) is 5.56 Å². The third-order valence-corrected chi connectivity index (χ3v) is 3.93. The van der Waals surface area contributed by atoms with E-state index in [4.69, 9.17) is 28.2 Å². The molecule has 2 nitrogen and oxygen atoms in total. The second kappa shape index (κ2) is 5.04. The first-order chi connectivity index (χ1) is 9.54. The Hall–Kier alpha value is -1.64. The van der Waals surface area contributed by atoms with Crippen molar-refractivity contribution in [2.45, 2.75) is 13.8 Å². The molecule has 4 heteroatoms. The van der Waals surface area contributed by atoms with Gasteiger partial charge >= 0.3 is 0 Å². The summed E-state index contributed by atoms with van der Waals surface area (Å²) in [5.41, 5.74) is 5.58. The minimum Gasteiger partial charge on any atom is -0.249 e. The molecule has 20 heavy (non-hydrogen) atoms. The number of nitrogens with zero attached hydrogens (tertiary/aromatic N) is 2. The fraction of sp³-hybridized carbons (Fsp3) is 0.125. The molecule has 0 amide bonds. The Morgan fingerprint density at radius 1 is 0.800 bits per heavy atom. The van der Waals surface area contributed by atoms with E-state index >= 15 is 0 Å². The van der Waals surface area contributed by atoms with Gasteiger partial charge in [-0.1, -0.05) is 35.3 Å². The fourth-order valence-electron chi connectivity index (χ4n) is 2.17. The highest BCUT2D eigenvalue weighted by atomic mass is 35.5. The average molecular weight is 303 g/mol. The van der Waals surface area contributed by atoms with E-state index in [0.717, 1.165) is 33.5 Å². The van der Waals surface area contributed by atoms with Crippen LogP contribution < -0.4 is 0 Å². The van der Waals surface area contributed by atoms with Crippen LogP contribution >= 0.6 is 23.2 Å². The van der Waals surface area contributed by atoms with Crippen LogP contribution in [0, 0.1) is 13.8 Å².